The molecule has 0 spiro atoms. The van der Waals surface area contributed by atoms with Crippen LogP contribution in [0.1, 0.15) is 5.56 Å². The summed E-state index contributed by atoms with van der Waals surface area (Å²) >= 11 is 1.16. The molecule has 1 aromatic carbocycles. The molecule has 18 heavy (non-hydrogen) atoms. The van der Waals surface area contributed by atoms with Crippen LogP contribution in [0.5, 0.6) is 0 Å². The summed E-state index contributed by atoms with van der Waals surface area (Å²) in [6.07, 6.45) is 3.83. The van der Waals surface area contributed by atoms with Crippen molar-refractivity contribution in [1.29, 1.82) is 5.41 Å². The number of fused-ring (bicyclic) bond motifs is 1. The Balaban J connectivity index is 2.13. The predicted molar refractivity (Wildman–Crippen MR) is 74.4 cm³/mol. The van der Waals surface area contributed by atoms with Crippen LogP contribution in [0, 0.1) is 5.41 Å². The van der Waals surface area contributed by atoms with Gasteiger partial charge in [-0.25, -0.2) is 0 Å². The number of para-hydroxylation sites is 1. The maximum absolute atomic E-state index is 11.6. The van der Waals surface area contributed by atoms with Crippen LogP contribution in [-0.4, -0.2) is 15.6 Å². The normalized spacial score (nSPS) is 17.7. The molecule has 2 heterocycles. The monoisotopic (exact) mass is 257 g/mol. The number of nitrogens with zero attached hydrogens (tertiary/aromatic N) is 1. The first-order valence-electron chi connectivity index (χ1n) is 5.48. The topological polar surface area (TPSA) is 57.9 Å². The van der Waals surface area contributed by atoms with E-state index in [0.717, 1.165) is 28.2 Å². The minimum atomic E-state index is -0.196. The van der Waals surface area contributed by atoms with Gasteiger partial charge in [-0.3, -0.25) is 10.2 Å². The fourth-order valence-corrected chi connectivity index (χ4v) is 2.76. The minimum absolute atomic E-state index is 0.187. The first kappa shape index (κ1) is 11.1. The molecule has 0 saturated carbocycles. The summed E-state index contributed by atoms with van der Waals surface area (Å²) in [4.78, 5) is 12.2. The van der Waals surface area contributed by atoms with Gasteiger partial charge >= 0.3 is 0 Å². The Morgan fingerprint density at radius 1 is 1.39 bits per heavy atom. The number of nitrogens with one attached hydrogen (secondary N) is 2. The molecule has 4 nitrogen and oxygen atoms in total. The van der Waals surface area contributed by atoms with Crippen molar-refractivity contribution in [2.75, 3.05) is 0 Å². The standard InChI is InChI=1S/C13H11N3OS/c1-16-7-8(9-4-2-3-5-10(9)16)6-11-12(17)15-13(14)18-11/h2-7H,1H3,(H2,14,15,17)/b11-6+. The largest absolute Gasteiger partial charge is 0.350 e. The fraction of sp³-hybridized carbons (Fsp3) is 0.0769. The van der Waals surface area contributed by atoms with Crippen LogP contribution in [-0.2, 0) is 11.8 Å². The second-order valence-electron chi connectivity index (χ2n) is 4.11. The number of aryl methyl sites for hydroxylation is 1. The van der Waals surface area contributed by atoms with Crippen molar-refractivity contribution >= 4 is 39.8 Å². The number of aromatic nitrogens is 1. The molecule has 2 aromatic rings. The second-order valence-corrected chi connectivity index (χ2v) is 5.16. The summed E-state index contributed by atoms with van der Waals surface area (Å²) < 4.78 is 2.03. The zero-order valence-corrected chi connectivity index (χ0v) is 10.5. The van der Waals surface area contributed by atoms with Crippen molar-refractivity contribution in [3.05, 3.63) is 40.9 Å². The molecule has 3 rings (SSSR count). The van der Waals surface area contributed by atoms with Gasteiger partial charge in [-0.15, -0.1) is 0 Å². The van der Waals surface area contributed by atoms with Crippen molar-refractivity contribution < 1.29 is 4.79 Å². The highest BCUT2D eigenvalue weighted by Crippen LogP contribution is 2.28. The Morgan fingerprint density at radius 3 is 2.89 bits per heavy atom. The molecule has 1 aliphatic rings. The molecule has 0 atom stereocenters. The smallest absolute Gasteiger partial charge is 0.264 e. The molecule has 0 radical (unpaired) electrons. The zero-order valence-electron chi connectivity index (χ0n) is 9.73. The SMILES string of the molecule is Cn1cc(/C=C2/SC(=N)NC2=O)c2ccccc21. The van der Waals surface area contributed by atoms with Crippen LogP contribution < -0.4 is 5.32 Å². The number of hydrogen-bond acceptors (Lipinski definition) is 3. The summed E-state index contributed by atoms with van der Waals surface area (Å²) in [5.74, 6) is -0.196. The predicted octanol–water partition coefficient (Wildman–Crippen LogP) is 2.32. The Morgan fingerprint density at radius 2 is 2.17 bits per heavy atom. The number of carbonyl (C=O) groups is 1. The molecule has 0 unspecified atom stereocenters. The lowest BCUT2D eigenvalue weighted by Crippen LogP contribution is -2.18. The Labute approximate surface area is 108 Å². The minimum Gasteiger partial charge on any atom is -0.350 e. The van der Waals surface area contributed by atoms with Crippen LogP contribution in [0.25, 0.3) is 17.0 Å². The highest BCUT2D eigenvalue weighted by atomic mass is 32.2. The summed E-state index contributed by atoms with van der Waals surface area (Å²) in [6.45, 7) is 0. The fourth-order valence-electron chi connectivity index (χ4n) is 2.07. The number of amidine groups is 1. The van der Waals surface area contributed by atoms with Crippen LogP contribution in [0.2, 0.25) is 0 Å². The van der Waals surface area contributed by atoms with E-state index < -0.39 is 0 Å². The van der Waals surface area contributed by atoms with E-state index in [0.29, 0.717) is 4.91 Å². The lowest BCUT2D eigenvalue weighted by molar-refractivity contribution is -0.115. The third-order valence-corrected chi connectivity index (χ3v) is 3.71. The van der Waals surface area contributed by atoms with Gasteiger partial charge in [0.05, 0.1) is 4.91 Å². The lowest BCUT2D eigenvalue weighted by atomic mass is 10.1. The van der Waals surface area contributed by atoms with Crippen LogP contribution >= 0.6 is 11.8 Å². The number of amides is 1. The average Bonchev–Trinajstić information content (AvgIpc) is 2.82. The van der Waals surface area contributed by atoms with E-state index >= 15 is 0 Å². The Bertz CT molecular complexity index is 699. The Hall–Kier alpha value is -2.01. The molecule has 0 bridgehead atoms. The highest BCUT2D eigenvalue weighted by Gasteiger charge is 2.22. The summed E-state index contributed by atoms with van der Waals surface area (Å²) in [5, 5.41) is 11.2. The first-order chi connectivity index (χ1) is 8.65. The van der Waals surface area contributed by atoms with Gasteiger partial charge in [0.25, 0.3) is 5.91 Å². The van der Waals surface area contributed by atoms with Gasteiger partial charge in [0.2, 0.25) is 0 Å². The quantitative estimate of drug-likeness (QED) is 0.770. The van der Waals surface area contributed by atoms with E-state index in [-0.39, 0.29) is 11.1 Å². The number of rotatable bonds is 1. The second kappa shape index (κ2) is 4.03. The van der Waals surface area contributed by atoms with Crippen molar-refractivity contribution in [2.24, 2.45) is 7.05 Å². The molecular formula is C13H11N3OS. The third-order valence-electron chi connectivity index (χ3n) is 2.88. The van der Waals surface area contributed by atoms with Gasteiger partial charge in [-0.2, -0.15) is 0 Å². The molecule has 90 valence electrons. The van der Waals surface area contributed by atoms with Crippen molar-refractivity contribution in [3.63, 3.8) is 0 Å². The van der Waals surface area contributed by atoms with Crippen molar-refractivity contribution in [2.45, 2.75) is 0 Å². The molecule has 1 fully saturated rings. The molecule has 1 aromatic heterocycles. The molecule has 1 aliphatic heterocycles. The average molecular weight is 257 g/mol. The Kier molecular flexibility index (Phi) is 2.48. The summed E-state index contributed by atoms with van der Waals surface area (Å²) in [6, 6.07) is 8.05. The maximum Gasteiger partial charge on any atom is 0.264 e. The van der Waals surface area contributed by atoms with Crippen LogP contribution in [0.15, 0.2) is 35.4 Å². The van der Waals surface area contributed by atoms with E-state index in [1.54, 1.807) is 0 Å². The molecule has 5 heteroatoms. The highest BCUT2D eigenvalue weighted by molar-refractivity contribution is 8.18. The van der Waals surface area contributed by atoms with E-state index in [1.165, 1.54) is 0 Å². The van der Waals surface area contributed by atoms with E-state index in [9.17, 15) is 4.79 Å². The van der Waals surface area contributed by atoms with Gasteiger partial charge in [0, 0.05) is 29.7 Å². The third kappa shape index (κ3) is 1.73. The molecule has 1 amide bonds. The van der Waals surface area contributed by atoms with Gasteiger partial charge in [0.1, 0.15) is 0 Å². The van der Waals surface area contributed by atoms with Crippen molar-refractivity contribution in [3.8, 4) is 0 Å². The van der Waals surface area contributed by atoms with Gasteiger partial charge in [0.15, 0.2) is 5.17 Å². The van der Waals surface area contributed by atoms with E-state index in [2.05, 4.69) is 5.32 Å². The number of hydrogen-bond donors (Lipinski definition) is 2. The van der Waals surface area contributed by atoms with E-state index in [4.69, 9.17) is 5.41 Å². The molecule has 0 aliphatic carbocycles. The molecule has 2 N–H and O–H groups in total. The summed E-state index contributed by atoms with van der Waals surface area (Å²) in [7, 11) is 1.98. The van der Waals surface area contributed by atoms with Gasteiger partial charge in [-0.1, -0.05) is 18.2 Å². The maximum atomic E-state index is 11.6. The number of thioether (sulfide) groups is 1. The lowest BCUT2D eigenvalue weighted by Gasteiger charge is -1.93. The van der Waals surface area contributed by atoms with Gasteiger partial charge in [-0.05, 0) is 23.9 Å². The molecular weight excluding hydrogens is 246 g/mol. The van der Waals surface area contributed by atoms with E-state index in [1.807, 2.05) is 48.2 Å². The first-order valence-corrected chi connectivity index (χ1v) is 6.30. The zero-order chi connectivity index (χ0) is 12.7. The summed E-state index contributed by atoms with van der Waals surface area (Å²) in [5.41, 5.74) is 2.13. The molecule has 1 saturated heterocycles. The van der Waals surface area contributed by atoms with Crippen LogP contribution in [0.3, 0.4) is 0 Å². The number of carbonyl (C=O) groups excluding carboxylic acids is 1. The van der Waals surface area contributed by atoms with Crippen LogP contribution in [0.4, 0.5) is 0 Å². The van der Waals surface area contributed by atoms with Gasteiger partial charge < -0.3 is 9.88 Å². The number of benzene rings is 1. The van der Waals surface area contributed by atoms with Crippen molar-refractivity contribution in [1.82, 2.24) is 9.88 Å².